The number of amides is 1. The molecule has 174 valence electrons. The fraction of sp³-hybridized carbons (Fsp3) is 0.286. The number of rotatable bonds is 6. The van der Waals surface area contributed by atoms with Crippen LogP contribution in [-0.2, 0) is 28.5 Å². The molecule has 1 amide bonds. The van der Waals surface area contributed by atoms with Crippen LogP contribution in [0.3, 0.4) is 0 Å². The molecule has 1 aliphatic rings. The van der Waals surface area contributed by atoms with Gasteiger partial charge in [0, 0.05) is 18.3 Å². The number of nitrogens with one attached hydrogen (secondary N) is 1. The summed E-state index contributed by atoms with van der Waals surface area (Å²) < 4.78 is 53.9. The minimum Gasteiger partial charge on any atom is -0.349 e. The van der Waals surface area contributed by atoms with E-state index in [9.17, 15) is 22.2 Å². The van der Waals surface area contributed by atoms with Crippen molar-refractivity contribution in [3.05, 3.63) is 64.3 Å². The van der Waals surface area contributed by atoms with Gasteiger partial charge in [-0.25, -0.2) is 18.5 Å². The lowest BCUT2D eigenvalue weighted by Gasteiger charge is -2.21. The molecule has 1 N–H and O–H groups in total. The fourth-order valence-electron chi connectivity index (χ4n) is 3.45. The Labute approximate surface area is 199 Å². The second-order valence-electron chi connectivity index (χ2n) is 7.27. The van der Waals surface area contributed by atoms with Crippen LogP contribution < -0.4 is 5.32 Å². The summed E-state index contributed by atoms with van der Waals surface area (Å²) in [4.78, 5) is 21.3. The Bertz CT molecular complexity index is 1170. The van der Waals surface area contributed by atoms with Crippen LogP contribution in [0.2, 0.25) is 4.34 Å². The minimum atomic E-state index is -4.42. The van der Waals surface area contributed by atoms with E-state index in [2.05, 4.69) is 15.3 Å². The highest BCUT2D eigenvalue weighted by Gasteiger charge is 2.35. The zero-order valence-electron chi connectivity index (χ0n) is 17.0. The Morgan fingerprint density at radius 1 is 1.21 bits per heavy atom. The lowest BCUT2D eigenvalue weighted by molar-refractivity contribution is -0.137. The molecule has 1 unspecified atom stereocenters. The van der Waals surface area contributed by atoms with Crippen molar-refractivity contribution in [2.45, 2.75) is 35.8 Å². The van der Waals surface area contributed by atoms with Crippen molar-refractivity contribution in [3.8, 4) is 11.4 Å². The molecule has 0 spiro atoms. The molecule has 1 aliphatic heterocycles. The molecule has 33 heavy (non-hydrogen) atoms. The highest BCUT2D eigenvalue weighted by atomic mass is 35.5. The third-order valence-electron chi connectivity index (χ3n) is 5.07. The normalized spacial score (nSPS) is 17.8. The first-order chi connectivity index (χ1) is 15.7. The van der Waals surface area contributed by atoms with Crippen LogP contribution in [0.5, 0.6) is 0 Å². The fourth-order valence-corrected chi connectivity index (χ4v) is 6.34. The molecule has 0 aliphatic carbocycles. The Morgan fingerprint density at radius 3 is 2.64 bits per heavy atom. The van der Waals surface area contributed by atoms with Crippen molar-refractivity contribution >= 4 is 39.8 Å². The number of thiophene rings is 1. The number of hydrogen-bond donors (Lipinski definition) is 1. The third kappa shape index (κ3) is 5.60. The van der Waals surface area contributed by atoms with E-state index in [1.165, 1.54) is 29.7 Å². The second-order valence-corrected chi connectivity index (χ2v) is 10.7. The average Bonchev–Trinajstić information content (AvgIpc) is 3.46. The molecule has 3 aromatic rings. The first kappa shape index (κ1) is 23.8. The van der Waals surface area contributed by atoms with E-state index >= 15 is 0 Å². The van der Waals surface area contributed by atoms with Crippen molar-refractivity contribution in [2.24, 2.45) is 0 Å². The summed E-state index contributed by atoms with van der Waals surface area (Å²) in [6, 6.07) is 9.01. The summed E-state index contributed by atoms with van der Waals surface area (Å²) in [5, 5.41) is 2.81. The molecule has 2 atom stereocenters. The highest BCUT2D eigenvalue weighted by molar-refractivity contribution is 7.85. The van der Waals surface area contributed by atoms with Crippen molar-refractivity contribution in [1.82, 2.24) is 19.6 Å². The van der Waals surface area contributed by atoms with Gasteiger partial charge in [0.25, 0.3) is 0 Å². The number of carbonyl (C=O) groups excluding carboxylic acids is 1. The van der Waals surface area contributed by atoms with Gasteiger partial charge in [0.05, 0.1) is 22.1 Å². The van der Waals surface area contributed by atoms with E-state index in [0.717, 1.165) is 18.6 Å². The van der Waals surface area contributed by atoms with Crippen LogP contribution in [0.4, 0.5) is 13.2 Å². The lowest BCUT2D eigenvalue weighted by Crippen LogP contribution is -2.43. The Balaban J connectivity index is 1.41. The Kier molecular flexibility index (Phi) is 7.13. The van der Waals surface area contributed by atoms with Crippen molar-refractivity contribution in [3.63, 3.8) is 0 Å². The molecule has 0 radical (unpaired) electrons. The van der Waals surface area contributed by atoms with Gasteiger partial charge >= 0.3 is 6.18 Å². The van der Waals surface area contributed by atoms with Gasteiger partial charge in [-0.2, -0.15) is 13.2 Å². The molecule has 2 aromatic heterocycles. The van der Waals surface area contributed by atoms with Gasteiger partial charge in [0.2, 0.25) is 5.91 Å². The van der Waals surface area contributed by atoms with Crippen LogP contribution >= 0.6 is 22.9 Å². The minimum absolute atomic E-state index is 0.108. The maximum Gasteiger partial charge on any atom is 0.416 e. The molecular weight excluding hydrogens is 497 g/mol. The summed E-state index contributed by atoms with van der Waals surface area (Å²) in [7, 11) is -1.47. The van der Waals surface area contributed by atoms with Gasteiger partial charge in [0.1, 0.15) is 21.2 Å². The van der Waals surface area contributed by atoms with Crippen LogP contribution in [0, 0.1) is 0 Å². The molecule has 3 heterocycles. The number of hydrogen-bond acceptors (Lipinski definition) is 5. The molecule has 6 nitrogen and oxygen atoms in total. The number of nitrogens with zero attached hydrogens (tertiary/aromatic N) is 3. The summed E-state index contributed by atoms with van der Waals surface area (Å²) in [5.41, 5.74) is 0.185. The van der Waals surface area contributed by atoms with Gasteiger partial charge < -0.3 is 5.32 Å². The van der Waals surface area contributed by atoms with Crippen molar-refractivity contribution < 1.29 is 22.2 Å². The number of halogens is 4. The first-order valence-corrected chi connectivity index (χ1v) is 12.2. The number of alkyl halides is 3. The van der Waals surface area contributed by atoms with E-state index in [4.69, 9.17) is 11.6 Å². The van der Waals surface area contributed by atoms with Gasteiger partial charge in [-0.15, -0.1) is 11.3 Å². The molecule has 0 saturated carbocycles. The molecule has 4 rings (SSSR count). The van der Waals surface area contributed by atoms with Crippen LogP contribution in [0.1, 0.15) is 24.1 Å². The molecular formula is C21H18ClF3N4O2S2. The first-order valence-electron chi connectivity index (χ1n) is 9.93. The Hall–Kier alpha value is -2.34. The molecule has 1 aromatic carbocycles. The molecule has 1 saturated heterocycles. The van der Waals surface area contributed by atoms with Crippen molar-refractivity contribution in [1.29, 1.82) is 0 Å². The summed E-state index contributed by atoms with van der Waals surface area (Å²) in [6.07, 6.45) is -1.61. The van der Waals surface area contributed by atoms with Crippen LogP contribution in [0.25, 0.3) is 11.4 Å². The predicted octanol–water partition coefficient (Wildman–Crippen LogP) is 4.68. The predicted molar refractivity (Wildman–Crippen MR) is 120 cm³/mol. The molecule has 0 bridgehead atoms. The van der Waals surface area contributed by atoms with E-state index in [-0.39, 0.29) is 18.3 Å². The summed E-state index contributed by atoms with van der Waals surface area (Å²) in [6.45, 7) is 0.641. The quantitative estimate of drug-likeness (QED) is 0.518. The lowest BCUT2D eigenvalue weighted by atomic mass is 10.1. The Morgan fingerprint density at radius 2 is 1.97 bits per heavy atom. The SMILES string of the molecule is O=C(NCc1ccnc(-c2ccc(C(F)(F)F)cc2)n1)[C@@H]1CCCN1S(=O)c1ccc(Cl)s1. The average molecular weight is 515 g/mol. The number of carbonyl (C=O) groups is 1. The van der Waals surface area contributed by atoms with E-state index in [1.807, 2.05) is 0 Å². The van der Waals surface area contributed by atoms with E-state index in [0.29, 0.717) is 32.8 Å². The molecule has 12 heteroatoms. The second kappa shape index (κ2) is 9.88. The van der Waals surface area contributed by atoms with Gasteiger partial charge in [0.15, 0.2) is 5.82 Å². The maximum atomic E-state index is 12.9. The smallest absolute Gasteiger partial charge is 0.349 e. The zero-order valence-corrected chi connectivity index (χ0v) is 19.4. The monoisotopic (exact) mass is 514 g/mol. The maximum absolute atomic E-state index is 12.9. The number of aromatic nitrogens is 2. The zero-order chi connectivity index (χ0) is 23.6. The van der Waals surface area contributed by atoms with Crippen LogP contribution in [0.15, 0.2) is 52.9 Å². The third-order valence-corrected chi connectivity index (χ3v) is 8.11. The highest BCUT2D eigenvalue weighted by Crippen LogP contribution is 2.31. The largest absolute Gasteiger partial charge is 0.416 e. The van der Waals surface area contributed by atoms with E-state index < -0.39 is 28.8 Å². The van der Waals surface area contributed by atoms with Crippen molar-refractivity contribution in [2.75, 3.05) is 6.54 Å². The van der Waals surface area contributed by atoms with Gasteiger partial charge in [-0.05, 0) is 43.2 Å². The number of benzene rings is 1. The van der Waals surface area contributed by atoms with Gasteiger partial charge in [-0.3, -0.25) is 4.79 Å². The van der Waals surface area contributed by atoms with E-state index in [1.54, 1.807) is 22.5 Å². The summed E-state index contributed by atoms with van der Waals surface area (Å²) >= 11 is 7.16. The molecule has 1 fully saturated rings. The van der Waals surface area contributed by atoms with Gasteiger partial charge in [-0.1, -0.05) is 23.7 Å². The standard InChI is InChI=1S/C21H18ClF3N4O2S2/c22-17-7-8-18(32-17)33(31)29-11-1-2-16(29)20(30)27-12-15-9-10-26-19(28-15)13-3-5-14(6-4-13)21(23,24)25/h3-10,16H,1-2,11-12H2,(H,27,30)/t16-,33?/m0/s1. The topological polar surface area (TPSA) is 75.2 Å². The summed E-state index contributed by atoms with van der Waals surface area (Å²) in [5.74, 6) is -0.00756. The van der Waals surface area contributed by atoms with Crippen LogP contribution in [-0.4, -0.2) is 37.0 Å².